The van der Waals surface area contributed by atoms with Crippen molar-refractivity contribution in [1.29, 1.82) is 21.3 Å². The van der Waals surface area contributed by atoms with Crippen LogP contribution in [0.15, 0.2) is 85.1 Å². The van der Waals surface area contributed by atoms with Crippen LogP contribution >= 0.6 is 0 Å². The highest BCUT2D eigenvalue weighted by Crippen LogP contribution is 2.30. The van der Waals surface area contributed by atoms with Gasteiger partial charge in [-0.05, 0) is 94.8 Å². The SMILES string of the molecule is CC(C)(C)N=C1C(=C=N)C2=NC3=C(NC(C)(C)C)C(=C=N)C(=N3)N=C3N=C(N=C4N=C(N=C1N2)C(C#N)=C4NC(C)(C)C)C(C#N)=C3NC(C)(C)C. The molecule has 0 aromatic rings. The summed E-state index contributed by atoms with van der Waals surface area (Å²) in [6, 6.07) is 4.44. The molecule has 0 aliphatic carbocycles. The molecule has 0 aromatic heterocycles. The quantitative estimate of drug-likeness (QED) is 0.239. The van der Waals surface area contributed by atoms with Crippen molar-refractivity contribution in [2.24, 2.45) is 39.9 Å². The van der Waals surface area contributed by atoms with Crippen molar-refractivity contribution in [1.82, 2.24) is 21.3 Å². The van der Waals surface area contributed by atoms with E-state index in [1.807, 2.05) is 83.1 Å². The molecule has 0 amide bonds. The minimum absolute atomic E-state index is 0.00163. The van der Waals surface area contributed by atoms with Crippen LogP contribution in [-0.4, -0.2) is 80.5 Å². The minimum atomic E-state index is -0.621. The molecule has 52 heavy (non-hydrogen) atoms. The fourth-order valence-corrected chi connectivity index (χ4v) is 5.21. The number of aliphatic imine (C=N–C) groups is 8. The summed E-state index contributed by atoms with van der Waals surface area (Å²) in [5.41, 5.74) is -0.388. The fraction of sp³-hybridized carbons (Fsp3) is 0.444. The summed E-state index contributed by atoms with van der Waals surface area (Å²) in [7, 11) is 0. The van der Waals surface area contributed by atoms with Crippen molar-refractivity contribution >= 4 is 58.3 Å². The van der Waals surface area contributed by atoms with Crippen molar-refractivity contribution in [3.05, 3.63) is 45.2 Å². The number of nitrogens with zero attached hydrogens (tertiary/aromatic N) is 10. The van der Waals surface area contributed by atoms with Gasteiger partial charge in [0.25, 0.3) is 0 Å². The van der Waals surface area contributed by atoms with Crippen LogP contribution in [0.25, 0.3) is 0 Å². The number of rotatable bonds is 3. The molecule has 5 aliphatic heterocycles. The first-order valence-electron chi connectivity index (χ1n) is 16.5. The van der Waals surface area contributed by atoms with E-state index in [0.717, 1.165) is 0 Å². The first kappa shape index (κ1) is 36.9. The van der Waals surface area contributed by atoms with Gasteiger partial charge in [0.1, 0.15) is 57.2 Å². The zero-order valence-corrected chi connectivity index (χ0v) is 31.5. The molecule has 0 radical (unpaired) electrons. The van der Waals surface area contributed by atoms with Gasteiger partial charge in [-0.15, -0.1) is 0 Å². The molecule has 0 saturated carbocycles. The van der Waals surface area contributed by atoms with Crippen LogP contribution < -0.4 is 21.3 Å². The van der Waals surface area contributed by atoms with E-state index in [1.54, 1.807) is 0 Å². The molecule has 0 unspecified atom stereocenters. The first-order valence-corrected chi connectivity index (χ1v) is 16.5. The summed E-state index contributed by atoms with van der Waals surface area (Å²) in [6.07, 6.45) is 0. The van der Waals surface area contributed by atoms with Gasteiger partial charge in [0.05, 0.1) is 5.54 Å². The molecule has 0 atom stereocenters. The van der Waals surface area contributed by atoms with Gasteiger partial charge < -0.3 is 21.3 Å². The van der Waals surface area contributed by atoms with E-state index in [4.69, 9.17) is 50.8 Å². The summed E-state index contributed by atoms with van der Waals surface area (Å²) >= 11 is 0. The molecule has 5 aliphatic rings. The average Bonchev–Trinajstić information content (AvgIpc) is 3.67. The lowest BCUT2D eigenvalue weighted by molar-refractivity contribution is 0.476. The van der Waals surface area contributed by atoms with Gasteiger partial charge in [-0.3, -0.25) is 15.8 Å². The van der Waals surface area contributed by atoms with Gasteiger partial charge in [-0.1, -0.05) is 0 Å². The lowest BCUT2D eigenvalue weighted by Gasteiger charge is -2.23. The largest absolute Gasteiger partial charge is 0.376 e. The average molecular weight is 699 g/mol. The molecule has 6 N–H and O–H groups in total. The van der Waals surface area contributed by atoms with E-state index in [9.17, 15) is 10.5 Å². The maximum atomic E-state index is 10.5. The molecule has 1 saturated heterocycles. The van der Waals surface area contributed by atoms with E-state index in [2.05, 4.69) is 45.1 Å². The normalized spacial score (nSPS) is 19.8. The van der Waals surface area contributed by atoms with Crippen LogP contribution in [0, 0.1) is 33.5 Å². The Kier molecular flexibility index (Phi) is 9.07. The number of nitriles is 2. The molecule has 16 heteroatoms. The Hall–Kier alpha value is -6.34. The number of hydrogen-bond acceptors (Lipinski definition) is 16. The molecule has 0 aromatic carbocycles. The van der Waals surface area contributed by atoms with Crippen molar-refractivity contribution in [2.75, 3.05) is 0 Å². The minimum Gasteiger partial charge on any atom is -0.376 e. The Morgan fingerprint density at radius 3 is 1.42 bits per heavy atom. The van der Waals surface area contributed by atoms with E-state index >= 15 is 0 Å². The molecule has 1 fully saturated rings. The van der Waals surface area contributed by atoms with Gasteiger partial charge in [-0.25, -0.2) is 34.9 Å². The molecule has 5 heterocycles. The van der Waals surface area contributed by atoms with Crippen LogP contribution in [-0.2, 0) is 0 Å². The third-order valence-corrected chi connectivity index (χ3v) is 6.94. The monoisotopic (exact) mass is 698 g/mol. The van der Waals surface area contributed by atoms with Crippen LogP contribution in [0.3, 0.4) is 0 Å². The maximum absolute atomic E-state index is 10.5. The lowest BCUT2D eigenvalue weighted by Crippen LogP contribution is -2.38. The Bertz CT molecular complexity index is 2220. The number of nitrogens with one attached hydrogen (secondary N) is 6. The molecule has 16 nitrogen and oxygen atoms in total. The predicted molar refractivity (Wildman–Crippen MR) is 206 cm³/mol. The standard InChI is InChI=1S/C36H42N16/c1-33(2,3)49-21-17(13-37)25-41-29(21)45-26-18(14-38)22(50-34(4,5)6)31(42-26)47-28-20(16-40)24(52-36(10,11)12)32(44-28)48-27-19(15-39)23(30(43-27)46-25)51-35(7,8)9/h37-38,49,51-52H,1-12H3,(H,41,42,43,44,45,46,47,48). The summed E-state index contributed by atoms with van der Waals surface area (Å²) in [6.45, 7) is 23.1. The first-order chi connectivity index (χ1) is 24.0. The Morgan fingerprint density at radius 1 is 0.538 bits per heavy atom. The molecule has 5 rings (SSSR count). The van der Waals surface area contributed by atoms with Crippen LogP contribution in [0.4, 0.5) is 0 Å². The lowest BCUT2D eigenvalue weighted by atomic mass is 10.1. The van der Waals surface area contributed by atoms with Gasteiger partial charge in [0, 0.05) is 16.6 Å². The van der Waals surface area contributed by atoms with Gasteiger partial charge in [0.2, 0.25) is 0 Å². The smallest absolute Gasteiger partial charge is 0.181 e. The third-order valence-electron chi connectivity index (χ3n) is 6.94. The van der Waals surface area contributed by atoms with Crippen LogP contribution in [0.1, 0.15) is 83.1 Å². The van der Waals surface area contributed by atoms with Gasteiger partial charge >= 0.3 is 0 Å². The molecule has 8 bridgehead atoms. The Morgan fingerprint density at radius 2 is 0.981 bits per heavy atom. The highest BCUT2D eigenvalue weighted by atomic mass is 15.2. The van der Waals surface area contributed by atoms with E-state index in [-0.39, 0.29) is 74.7 Å². The second-order valence-corrected chi connectivity index (χ2v) is 16.4. The van der Waals surface area contributed by atoms with Crippen molar-refractivity contribution < 1.29 is 0 Å². The topological polar surface area (TPSA) is 242 Å². The second kappa shape index (κ2) is 12.8. The van der Waals surface area contributed by atoms with Crippen LogP contribution in [0.2, 0.25) is 0 Å². The van der Waals surface area contributed by atoms with Gasteiger partial charge in [-0.2, -0.15) is 10.5 Å². The van der Waals surface area contributed by atoms with Crippen molar-refractivity contribution in [2.45, 2.75) is 105 Å². The summed E-state index contributed by atoms with van der Waals surface area (Å²) in [5.74, 6) is 5.62. The molecular formula is C36H42N16. The van der Waals surface area contributed by atoms with E-state index in [0.29, 0.717) is 17.1 Å². The number of fused-ring (bicyclic) bond motifs is 5. The summed E-state index contributed by atoms with van der Waals surface area (Å²) in [4.78, 5) is 38.1. The van der Waals surface area contributed by atoms with Crippen LogP contribution in [0.5, 0.6) is 0 Å². The maximum Gasteiger partial charge on any atom is 0.181 e. The predicted octanol–water partition coefficient (Wildman–Crippen LogP) is 3.91. The Balaban J connectivity index is 1.93. The second-order valence-electron chi connectivity index (χ2n) is 16.4. The van der Waals surface area contributed by atoms with Gasteiger partial charge in [0.15, 0.2) is 46.7 Å². The zero-order valence-electron chi connectivity index (χ0n) is 31.5. The summed E-state index contributed by atoms with van der Waals surface area (Å²) < 4.78 is 0. The highest BCUT2D eigenvalue weighted by molar-refractivity contribution is 6.64. The highest BCUT2D eigenvalue weighted by Gasteiger charge is 2.38. The summed E-state index contributed by atoms with van der Waals surface area (Å²) in [5, 5.41) is 50.8. The number of hydrogen-bond donors (Lipinski definition) is 6. The van der Waals surface area contributed by atoms with E-state index < -0.39 is 22.2 Å². The molecular weight excluding hydrogens is 657 g/mol. The van der Waals surface area contributed by atoms with Crippen molar-refractivity contribution in [3.63, 3.8) is 0 Å². The van der Waals surface area contributed by atoms with E-state index in [1.165, 1.54) is 0 Å². The molecule has 0 spiro atoms. The zero-order chi connectivity index (χ0) is 38.6. The molecule has 266 valence electrons. The third kappa shape index (κ3) is 7.69. The number of amidine groups is 7. The Labute approximate surface area is 303 Å². The van der Waals surface area contributed by atoms with Crippen molar-refractivity contribution in [3.8, 4) is 12.1 Å². The fourth-order valence-electron chi connectivity index (χ4n) is 5.21.